The highest BCUT2D eigenvalue weighted by Gasteiger charge is 2.26. The quantitative estimate of drug-likeness (QED) is 0.725. The molecular formula is C13H13ClN2O4. The molecule has 1 fully saturated rings. The Morgan fingerprint density at radius 1 is 1.45 bits per heavy atom. The lowest BCUT2D eigenvalue weighted by atomic mass is 10.1. The Balaban J connectivity index is 2.07. The average Bonchev–Trinajstić information content (AvgIpc) is 2.36. The number of benzene rings is 1. The van der Waals surface area contributed by atoms with E-state index in [2.05, 4.69) is 10.6 Å². The van der Waals surface area contributed by atoms with Gasteiger partial charge in [-0.05, 0) is 24.1 Å². The molecule has 6 nitrogen and oxygen atoms in total. The van der Waals surface area contributed by atoms with Gasteiger partial charge in [-0.15, -0.1) is 0 Å². The third-order valence-electron chi connectivity index (χ3n) is 2.97. The molecule has 1 aromatic rings. The van der Waals surface area contributed by atoms with E-state index in [1.807, 2.05) is 0 Å². The summed E-state index contributed by atoms with van der Waals surface area (Å²) in [5, 5.41) is 14.3. The van der Waals surface area contributed by atoms with Crippen molar-refractivity contribution in [3.05, 3.63) is 28.8 Å². The summed E-state index contributed by atoms with van der Waals surface area (Å²) in [7, 11) is 0. The van der Waals surface area contributed by atoms with Gasteiger partial charge in [0.1, 0.15) is 6.04 Å². The van der Waals surface area contributed by atoms with Gasteiger partial charge in [-0.3, -0.25) is 19.7 Å². The molecule has 0 spiro atoms. The monoisotopic (exact) mass is 296 g/mol. The van der Waals surface area contributed by atoms with Crippen LogP contribution in [-0.2, 0) is 20.8 Å². The molecule has 0 aliphatic carbocycles. The van der Waals surface area contributed by atoms with Crippen LogP contribution in [0.2, 0.25) is 5.02 Å². The SMILES string of the molecule is O=C(O)Cc1ccc(N[C@@H]2CCC(=O)NC2=O)cc1Cl. The van der Waals surface area contributed by atoms with E-state index in [4.69, 9.17) is 16.7 Å². The molecule has 0 aromatic heterocycles. The molecule has 106 valence electrons. The number of halogens is 1. The highest BCUT2D eigenvalue weighted by atomic mass is 35.5. The second-order valence-electron chi connectivity index (χ2n) is 4.52. The molecule has 7 heteroatoms. The molecule has 0 saturated carbocycles. The summed E-state index contributed by atoms with van der Waals surface area (Å²) in [4.78, 5) is 33.3. The van der Waals surface area contributed by atoms with Crippen LogP contribution in [-0.4, -0.2) is 28.9 Å². The number of imide groups is 1. The molecule has 3 N–H and O–H groups in total. The lowest BCUT2D eigenvalue weighted by molar-refractivity contribution is -0.136. The summed E-state index contributed by atoms with van der Waals surface area (Å²) in [6.07, 6.45) is 0.547. The molecule has 1 aliphatic heterocycles. The van der Waals surface area contributed by atoms with Crippen LogP contribution in [0.5, 0.6) is 0 Å². The molecule has 1 atom stereocenters. The number of nitrogens with one attached hydrogen (secondary N) is 2. The third kappa shape index (κ3) is 3.48. The normalized spacial score (nSPS) is 18.6. The number of anilines is 1. The second kappa shape index (κ2) is 5.92. The summed E-state index contributed by atoms with van der Waals surface area (Å²) in [5.74, 6) is -1.60. The van der Waals surface area contributed by atoms with E-state index in [0.717, 1.165) is 0 Å². The first-order chi connectivity index (χ1) is 9.45. The highest BCUT2D eigenvalue weighted by Crippen LogP contribution is 2.23. The van der Waals surface area contributed by atoms with Gasteiger partial charge in [0.15, 0.2) is 0 Å². The number of carbonyl (C=O) groups is 3. The molecule has 1 saturated heterocycles. The van der Waals surface area contributed by atoms with E-state index in [0.29, 0.717) is 22.7 Å². The summed E-state index contributed by atoms with van der Waals surface area (Å²) in [6, 6.07) is 4.34. The minimum absolute atomic E-state index is 0.155. The Kier molecular flexibility index (Phi) is 4.24. The number of carboxylic acids is 1. The van der Waals surface area contributed by atoms with Crippen LogP contribution in [0.4, 0.5) is 5.69 Å². The number of hydrogen-bond donors (Lipinski definition) is 3. The summed E-state index contributed by atoms with van der Waals surface area (Å²) >= 11 is 5.99. The Labute approximate surface area is 120 Å². The maximum absolute atomic E-state index is 11.6. The Morgan fingerprint density at radius 2 is 2.20 bits per heavy atom. The highest BCUT2D eigenvalue weighted by molar-refractivity contribution is 6.31. The predicted octanol–water partition coefficient (Wildman–Crippen LogP) is 1.18. The molecule has 20 heavy (non-hydrogen) atoms. The van der Waals surface area contributed by atoms with Crippen molar-refractivity contribution in [2.75, 3.05) is 5.32 Å². The van der Waals surface area contributed by atoms with E-state index in [1.165, 1.54) is 0 Å². The van der Waals surface area contributed by atoms with Crippen LogP contribution in [0.1, 0.15) is 18.4 Å². The van der Waals surface area contributed by atoms with Gasteiger partial charge >= 0.3 is 5.97 Å². The predicted molar refractivity (Wildman–Crippen MR) is 72.6 cm³/mol. The van der Waals surface area contributed by atoms with E-state index < -0.39 is 12.0 Å². The van der Waals surface area contributed by atoms with Gasteiger partial charge in [0, 0.05) is 17.1 Å². The van der Waals surface area contributed by atoms with Gasteiger partial charge in [0.25, 0.3) is 0 Å². The van der Waals surface area contributed by atoms with Gasteiger partial charge in [-0.25, -0.2) is 0 Å². The molecular weight excluding hydrogens is 284 g/mol. The minimum Gasteiger partial charge on any atom is -0.481 e. The van der Waals surface area contributed by atoms with Crippen LogP contribution in [0, 0.1) is 0 Å². The van der Waals surface area contributed by atoms with E-state index in [9.17, 15) is 14.4 Å². The van der Waals surface area contributed by atoms with Crippen LogP contribution in [0.25, 0.3) is 0 Å². The first-order valence-corrected chi connectivity index (χ1v) is 6.44. The zero-order chi connectivity index (χ0) is 14.7. The third-order valence-corrected chi connectivity index (χ3v) is 3.33. The molecule has 1 heterocycles. The molecule has 0 unspecified atom stereocenters. The van der Waals surface area contributed by atoms with Gasteiger partial charge in [0.2, 0.25) is 11.8 Å². The number of hydrogen-bond acceptors (Lipinski definition) is 4. The standard InChI is InChI=1S/C13H13ClN2O4/c14-9-6-8(2-1-7(9)5-12(18)19)15-10-3-4-11(17)16-13(10)20/h1-2,6,10,15H,3-5H2,(H,18,19)(H,16,17,20)/t10-/m1/s1. The van der Waals surface area contributed by atoms with Crippen molar-refractivity contribution in [1.82, 2.24) is 5.32 Å². The van der Waals surface area contributed by atoms with Gasteiger partial charge in [0.05, 0.1) is 6.42 Å². The number of amides is 2. The lowest BCUT2D eigenvalue weighted by Gasteiger charge is -2.23. The zero-order valence-corrected chi connectivity index (χ0v) is 11.2. The Bertz CT molecular complexity index is 573. The van der Waals surface area contributed by atoms with Crippen molar-refractivity contribution >= 4 is 35.1 Å². The summed E-state index contributed by atoms with van der Waals surface area (Å²) in [5.41, 5.74) is 1.12. The van der Waals surface area contributed by atoms with E-state index in [-0.39, 0.29) is 24.7 Å². The van der Waals surface area contributed by atoms with Gasteiger partial charge in [-0.2, -0.15) is 0 Å². The maximum atomic E-state index is 11.6. The fraction of sp³-hybridized carbons (Fsp3) is 0.308. The summed E-state index contributed by atoms with van der Waals surface area (Å²) < 4.78 is 0. The van der Waals surface area contributed by atoms with Crippen molar-refractivity contribution in [3.63, 3.8) is 0 Å². The van der Waals surface area contributed by atoms with E-state index in [1.54, 1.807) is 18.2 Å². The van der Waals surface area contributed by atoms with E-state index >= 15 is 0 Å². The number of carboxylic acid groups (broad SMARTS) is 1. The largest absolute Gasteiger partial charge is 0.481 e. The minimum atomic E-state index is -0.960. The first-order valence-electron chi connectivity index (χ1n) is 6.06. The molecule has 1 aliphatic rings. The smallest absolute Gasteiger partial charge is 0.307 e. The zero-order valence-electron chi connectivity index (χ0n) is 10.5. The molecule has 2 amide bonds. The van der Waals surface area contributed by atoms with Crippen LogP contribution >= 0.6 is 11.6 Å². The van der Waals surface area contributed by atoms with Gasteiger partial charge in [-0.1, -0.05) is 17.7 Å². The molecule has 0 radical (unpaired) electrons. The van der Waals surface area contributed by atoms with Crippen LogP contribution in [0.3, 0.4) is 0 Å². The van der Waals surface area contributed by atoms with Gasteiger partial charge < -0.3 is 10.4 Å². The average molecular weight is 297 g/mol. The Morgan fingerprint density at radius 3 is 2.80 bits per heavy atom. The number of piperidine rings is 1. The molecule has 1 aromatic carbocycles. The van der Waals surface area contributed by atoms with Crippen molar-refractivity contribution in [3.8, 4) is 0 Å². The number of carbonyl (C=O) groups excluding carboxylic acids is 2. The van der Waals surface area contributed by atoms with Crippen molar-refractivity contribution in [2.24, 2.45) is 0 Å². The topological polar surface area (TPSA) is 95.5 Å². The molecule has 0 bridgehead atoms. The maximum Gasteiger partial charge on any atom is 0.307 e. The number of aliphatic carboxylic acids is 1. The van der Waals surface area contributed by atoms with Crippen LogP contribution < -0.4 is 10.6 Å². The first kappa shape index (κ1) is 14.3. The summed E-state index contributed by atoms with van der Waals surface area (Å²) in [6.45, 7) is 0. The number of rotatable bonds is 4. The molecule has 2 rings (SSSR count). The van der Waals surface area contributed by atoms with Crippen molar-refractivity contribution < 1.29 is 19.5 Å². The van der Waals surface area contributed by atoms with Crippen LogP contribution in [0.15, 0.2) is 18.2 Å². The van der Waals surface area contributed by atoms with Crippen molar-refractivity contribution in [2.45, 2.75) is 25.3 Å². The fourth-order valence-electron chi connectivity index (χ4n) is 1.98. The lowest BCUT2D eigenvalue weighted by Crippen LogP contribution is -2.47. The van der Waals surface area contributed by atoms with Crippen molar-refractivity contribution in [1.29, 1.82) is 0 Å². The fourth-order valence-corrected chi connectivity index (χ4v) is 2.22. The second-order valence-corrected chi connectivity index (χ2v) is 4.93. The Hall–Kier alpha value is -2.08.